The average Bonchev–Trinajstić information content (AvgIpc) is 3.28. The molecule has 1 aliphatic rings. The molecule has 1 fully saturated rings. The number of halogens is 4. The molecule has 3 aromatic rings. The molecule has 2 aromatic heterocycles. The lowest BCUT2D eigenvalue weighted by Gasteiger charge is -2.16. The Hall–Kier alpha value is -2.97. The molecule has 0 radical (unpaired) electrons. The van der Waals surface area contributed by atoms with Gasteiger partial charge in [-0.05, 0) is 37.1 Å². The molecule has 1 amide bonds. The van der Waals surface area contributed by atoms with Crippen molar-refractivity contribution >= 4 is 11.6 Å². The number of alkyl halides is 3. The molecule has 3 heterocycles. The van der Waals surface area contributed by atoms with Crippen molar-refractivity contribution in [2.24, 2.45) is 0 Å². The zero-order valence-electron chi connectivity index (χ0n) is 15.6. The van der Waals surface area contributed by atoms with Crippen LogP contribution in [-0.2, 0) is 17.4 Å². The molecule has 29 heavy (non-hydrogen) atoms. The van der Waals surface area contributed by atoms with Crippen molar-refractivity contribution < 1.29 is 22.4 Å². The van der Waals surface area contributed by atoms with Crippen molar-refractivity contribution in [2.75, 3.05) is 13.1 Å². The first-order chi connectivity index (χ1) is 13.7. The number of aromatic nitrogens is 3. The normalized spacial score (nSPS) is 17.3. The van der Waals surface area contributed by atoms with Crippen molar-refractivity contribution in [1.29, 1.82) is 0 Å². The highest BCUT2D eigenvalue weighted by molar-refractivity contribution is 5.79. The fourth-order valence-corrected chi connectivity index (χ4v) is 3.64. The van der Waals surface area contributed by atoms with Crippen molar-refractivity contribution in [2.45, 2.75) is 31.9 Å². The van der Waals surface area contributed by atoms with Gasteiger partial charge in [0.2, 0.25) is 5.91 Å². The number of fused-ring (bicyclic) bond motifs is 1. The minimum atomic E-state index is -4.54. The minimum absolute atomic E-state index is 0.104. The van der Waals surface area contributed by atoms with E-state index in [1.54, 1.807) is 23.1 Å². The van der Waals surface area contributed by atoms with E-state index in [2.05, 4.69) is 10.1 Å². The van der Waals surface area contributed by atoms with Crippen LogP contribution in [0.2, 0.25) is 0 Å². The Morgan fingerprint density at radius 2 is 1.93 bits per heavy atom. The van der Waals surface area contributed by atoms with Gasteiger partial charge in [-0.15, -0.1) is 0 Å². The minimum Gasteiger partial charge on any atom is -0.342 e. The molecule has 0 unspecified atom stereocenters. The lowest BCUT2D eigenvalue weighted by molar-refractivity contribution is -0.142. The third-order valence-electron chi connectivity index (χ3n) is 5.09. The lowest BCUT2D eigenvalue weighted by atomic mass is 10.1. The number of benzene rings is 1. The number of hydrogen-bond acceptors (Lipinski definition) is 3. The van der Waals surface area contributed by atoms with Crippen LogP contribution in [0.1, 0.15) is 35.0 Å². The second-order valence-electron chi connectivity index (χ2n) is 7.25. The van der Waals surface area contributed by atoms with Crippen LogP contribution in [0.25, 0.3) is 5.65 Å². The largest absolute Gasteiger partial charge is 0.433 e. The molecule has 1 aliphatic heterocycles. The van der Waals surface area contributed by atoms with Gasteiger partial charge in [0.25, 0.3) is 0 Å². The van der Waals surface area contributed by atoms with Gasteiger partial charge in [0, 0.05) is 30.8 Å². The third kappa shape index (κ3) is 3.94. The van der Waals surface area contributed by atoms with Crippen LogP contribution in [-0.4, -0.2) is 38.5 Å². The summed E-state index contributed by atoms with van der Waals surface area (Å²) >= 11 is 0. The van der Waals surface area contributed by atoms with Crippen LogP contribution < -0.4 is 0 Å². The van der Waals surface area contributed by atoms with Crippen LogP contribution in [0.15, 0.2) is 36.4 Å². The molecule has 1 saturated heterocycles. The van der Waals surface area contributed by atoms with Gasteiger partial charge in [0.15, 0.2) is 5.65 Å². The third-order valence-corrected chi connectivity index (χ3v) is 5.09. The van der Waals surface area contributed by atoms with Gasteiger partial charge < -0.3 is 4.90 Å². The molecule has 0 spiro atoms. The maximum atomic E-state index is 13.3. The van der Waals surface area contributed by atoms with Gasteiger partial charge >= 0.3 is 6.18 Å². The highest BCUT2D eigenvalue weighted by atomic mass is 19.4. The zero-order valence-corrected chi connectivity index (χ0v) is 15.6. The summed E-state index contributed by atoms with van der Waals surface area (Å²) in [6.07, 6.45) is -3.78. The van der Waals surface area contributed by atoms with Crippen molar-refractivity contribution in [3.63, 3.8) is 0 Å². The summed E-state index contributed by atoms with van der Waals surface area (Å²) in [5.41, 5.74) is 0.739. The van der Waals surface area contributed by atoms with E-state index in [1.807, 2.05) is 0 Å². The monoisotopic (exact) mass is 406 g/mol. The summed E-state index contributed by atoms with van der Waals surface area (Å²) in [5, 5.41) is 4.14. The van der Waals surface area contributed by atoms with Crippen LogP contribution >= 0.6 is 0 Å². The maximum absolute atomic E-state index is 13.3. The first-order valence-corrected chi connectivity index (χ1v) is 9.17. The fourth-order valence-electron chi connectivity index (χ4n) is 3.64. The highest BCUT2D eigenvalue weighted by Gasteiger charge is 2.36. The number of nitrogens with zero attached hydrogens (tertiary/aromatic N) is 4. The van der Waals surface area contributed by atoms with E-state index in [0.29, 0.717) is 30.8 Å². The summed E-state index contributed by atoms with van der Waals surface area (Å²) in [6, 6.07) is 8.27. The van der Waals surface area contributed by atoms with E-state index in [4.69, 9.17) is 0 Å². The van der Waals surface area contributed by atoms with Gasteiger partial charge in [0.1, 0.15) is 11.5 Å². The second-order valence-corrected chi connectivity index (χ2v) is 7.25. The Morgan fingerprint density at radius 3 is 2.62 bits per heavy atom. The van der Waals surface area contributed by atoms with Crippen molar-refractivity contribution in [1.82, 2.24) is 19.5 Å². The van der Waals surface area contributed by atoms with Crippen LogP contribution in [0.3, 0.4) is 0 Å². The SMILES string of the molecule is Cc1cc(C(F)(F)F)n2nc([C@H]3CCN(C(=O)Cc4ccc(F)cc4)C3)cc2n1. The molecule has 9 heteroatoms. The predicted molar refractivity (Wildman–Crippen MR) is 96.8 cm³/mol. The molecular formula is C20H18F4N4O. The Kier molecular flexibility index (Phi) is 4.76. The fraction of sp³-hybridized carbons (Fsp3) is 0.350. The molecule has 5 nitrogen and oxygen atoms in total. The maximum Gasteiger partial charge on any atom is 0.433 e. The van der Waals surface area contributed by atoms with E-state index in [1.165, 1.54) is 19.1 Å². The first kappa shape index (κ1) is 19.4. The number of hydrogen-bond donors (Lipinski definition) is 0. The Labute approximate surface area is 164 Å². The zero-order chi connectivity index (χ0) is 20.8. The highest BCUT2D eigenvalue weighted by Crippen LogP contribution is 2.32. The summed E-state index contributed by atoms with van der Waals surface area (Å²) in [4.78, 5) is 18.3. The van der Waals surface area contributed by atoms with Crippen molar-refractivity contribution in [3.8, 4) is 0 Å². The Balaban J connectivity index is 1.52. The van der Waals surface area contributed by atoms with E-state index in [9.17, 15) is 22.4 Å². The van der Waals surface area contributed by atoms with Crippen LogP contribution in [0.5, 0.6) is 0 Å². The average molecular weight is 406 g/mol. The topological polar surface area (TPSA) is 50.5 Å². The van der Waals surface area contributed by atoms with Gasteiger partial charge in [-0.2, -0.15) is 18.3 Å². The molecule has 0 saturated carbocycles. The predicted octanol–water partition coefficient (Wildman–Crippen LogP) is 3.75. The molecule has 0 bridgehead atoms. The summed E-state index contributed by atoms with van der Waals surface area (Å²) in [7, 11) is 0. The van der Waals surface area contributed by atoms with Crippen LogP contribution in [0.4, 0.5) is 17.6 Å². The van der Waals surface area contributed by atoms with Gasteiger partial charge in [-0.1, -0.05) is 12.1 Å². The van der Waals surface area contributed by atoms with E-state index in [-0.39, 0.29) is 35.4 Å². The summed E-state index contributed by atoms with van der Waals surface area (Å²) in [6.45, 7) is 2.38. The lowest BCUT2D eigenvalue weighted by Crippen LogP contribution is -2.29. The molecule has 1 atom stereocenters. The first-order valence-electron chi connectivity index (χ1n) is 9.17. The smallest absolute Gasteiger partial charge is 0.342 e. The Morgan fingerprint density at radius 1 is 1.21 bits per heavy atom. The number of rotatable bonds is 3. The number of likely N-dealkylation sites (tertiary alicyclic amines) is 1. The van der Waals surface area contributed by atoms with Gasteiger partial charge in [0.05, 0.1) is 12.1 Å². The Bertz CT molecular complexity index is 1060. The summed E-state index contributed by atoms with van der Waals surface area (Å²) < 4.78 is 53.8. The standard InChI is InChI=1S/C20H18F4N4O/c1-12-8-17(20(22,23)24)28-18(25-12)10-16(26-28)14-6-7-27(11-14)19(29)9-13-2-4-15(21)5-3-13/h2-5,8,10,14H,6-7,9,11H2,1H3/t14-/m0/s1. The van der Waals surface area contributed by atoms with E-state index < -0.39 is 11.9 Å². The number of carbonyl (C=O) groups is 1. The number of carbonyl (C=O) groups excluding carboxylic acids is 1. The quantitative estimate of drug-likeness (QED) is 0.623. The summed E-state index contributed by atoms with van der Waals surface area (Å²) in [5.74, 6) is -0.626. The van der Waals surface area contributed by atoms with Gasteiger partial charge in [-0.3, -0.25) is 4.79 Å². The van der Waals surface area contributed by atoms with Crippen molar-refractivity contribution in [3.05, 3.63) is 64.9 Å². The molecule has 0 N–H and O–H groups in total. The van der Waals surface area contributed by atoms with Crippen LogP contribution in [0, 0.1) is 12.7 Å². The van der Waals surface area contributed by atoms with E-state index >= 15 is 0 Å². The molecule has 1 aromatic carbocycles. The molecular weight excluding hydrogens is 388 g/mol. The molecule has 0 aliphatic carbocycles. The second kappa shape index (κ2) is 7.13. The molecule has 4 rings (SSSR count). The number of amides is 1. The molecule has 152 valence electrons. The van der Waals surface area contributed by atoms with Gasteiger partial charge in [-0.25, -0.2) is 13.9 Å². The van der Waals surface area contributed by atoms with E-state index in [0.717, 1.165) is 10.6 Å². The number of aryl methyl sites for hydroxylation is 1.